The van der Waals surface area contributed by atoms with Gasteiger partial charge in [0.2, 0.25) is 11.7 Å². The number of rotatable bonds is 7. The van der Waals surface area contributed by atoms with Gasteiger partial charge in [0.25, 0.3) is 5.56 Å². The molecular weight excluding hydrogens is 408 g/mol. The van der Waals surface area contributed by atoms with Crippen LogP contribution in [0.2, 0.25) is 0 Å². The van der Waals surface area contributed by atoms with Crippen molar-refractivity contribution >= 4 is 23.1 Å². The number of benzene rings is 3. The highest BCUT2D eigenvalue weighted by Gasteiger charge is 2.15. The van der Waals surface area contributed by atoms with E-state index in [1.807, 2.05) is 42.5 Å². The number of nitrogens with zero attached hydrogens (tertiary/aromatic N) is 3. The summed E-state index contributed by atoms with van der Waals surface area (Å²) in [5.41, 5.74) is 4.63. The highest BCUT2D eigenvalue weighted by atomic mass is 16.5. The Kier molecular flexibility index (Phi) is 6.03. The minimum Gasteiger partial charge on any atom is -0.493 e. The molecule has 0 aliphatic rings. The summed E-state index contributed by atoms with van der Waals surface area (Å²) in [7, 11) is 4.64. The fraction of sp³-hybridized carbons (Fsp3) is 0.125. The van der Waals surface area contributed by atoms with Crippen LogP contribution in [0.5, 0.6) is 17.2 Å². The van der Waals surface area contributed by atoms with Crippen molar-refractivity contribution < 1.29 is 14.2 Å². The van der Waals surface area contributed by atoms with Crippen molar-refractivity contribution in [3.8, 4) is 22.9 Å². The summed E-state index contributed by atoms with van der Waals surface area (Å²) in [6.45, 7) is 0. The van der Waals surface area contributed by atoms with Gasteiger partial charge in [-0.05, 0) is 36.4 Å². The van der Waals surface area contributed by atoms with Gasteiger partial charge in [-0.1, -0.05) is 30.3 Å². The average Bonchev–Trinajstić information content (AvgIpc) is 2.84. The number of para-hydroxylation sites is 2. The molecule has 0 saturated heterocycles. The highest BCUT2D eigenvalue weighted by Crippen LogP contribution is 2.39. The van der Waals surface area contributed by atoms with Crippen molar-refractivity contribution in [3.63, 3.8) is 0 Å². The molecule has 0 aliphatic carbocycles. The van der Waals surface area contributed by atoms with E-state index < -0.39 is 0 Å². The van der Waals surface area contributed by atoms with Crippen molar-refractivity contribution in [2.75, 3.05) is 26.8 Å². The van der Waals surface area contributed by atoms with Gasteiger partial charge >= 0.3 is 0 Å². The molecule has 4 aromatic rings. The van der Waals surface area contributed by atoms with Crippen LogP contribution < -0.4 is 25.2 Å². The van der Waals surface area contributed by atoms with E-state index >= 15 is 0 Å². The van der Waals surface area contributed by atoms with Crippen LogP contribution in [0.4, 0.5) is 5.95 Å². The molecule has 3 aromatic carbocycles. The molecule has 0 radical (unpaired) electrons. The molecule has 0 spiro atoms. The van der Waals surface area contributed by atoms with Crippen molar-refractivity contribution in [1.29, 1.82) is 0 Å². The van der Waals surface area contributed by atoms with Gasteiger partial charge in [0.1, 0.15) is 0 Å². The van der Waals surface area contributed by atoms with Crippen LogP contribution >= 0.6 is 0 Å². The van der Waals surface area contributed by atoms with Gasteiger partial charge in [0, 0.05) is 5.56 Å². The summed E-state index contributed by atoms with van der Waals surface area (Å²) >= 11 is 0. The largest absolute Gasteiger partial charge is 0.493 e. The molecule has 162 valence electrons. The zero-order valence-corrected chi connectivity index (χ0v) is 17.9. The molecular formula is C24H22N4O4. The zero-order valence-electron chi connectivity index (χ0n) is 17.9. The van der Waals surface area contributed by atoms with E-state index in [0.29, 0.717) is 39.4 Å². The van der Waals surface area contributed by atoms with Crippen molar-refractivity contribution in [3.05, 3.63) is 82.6 Å². The molecule has 8 heteroatoms. The van der Waals surface area contributed by atoms with Gasteiger partial charge in [-0.15, -0.1) is 0 Å². The SMILES string of the molecule is COc1ccc(/C=N\Nc2nc3ccccc3c(=O)n2-c2ccccc2)c(OC)c1OC. The van der Waals surface area contributed by atoms with Crippen LogP contribution in [-0.2, 0) is 0 Å². The Morgan fingerprint density at radius 1 is 0.875 bits per heavy atom. The number of methoxy groups -OCH3 is 3. The van der Waals surface area contributed by atoms with E-state index in [0.717, 1.165) is 0 Å². The molecule has 0 aliphatic heterocycles. The van der Waals surface area contributed by atoms with Gasteiger partial charge in [-0.2, -0.15) is 5.10 Å². The lowest BCUT2D eigenvalue weighted by Crippen LogP contribution is -2.22. The van der Waals surface area contributed by atoms with Gasteiger partial charge in [-0.25, -0.2) is 15.0 Å². The summed E-state index contributed by atoms with van der Waals surface area (Å²) in [5, 5.41) is 4.83. The minimum atomic E-state index is -0.191. The Morgan fingerprint density at radius 2 is 1.59 bits per heavy atom. The maximum atomic E-state index is 13.2. The summed E-state index contributed by atoms with van der Waals surface area (Å²) in [6.07, 6.45) is 1.57. The number of anilines is 1. The van der Waals surface area contributed by atoms with Crippen LogP contribution in [-0.4, -0.2) is 37.1 Å². The van der Waals surface area contributed by atoms with Gasteiger partial charge < -0.3 is 14.2 Å². The maximum absolute atomic E-state index is 13.2. The fourth-order valence-electron chi connectivity index (χ4n) is 3.41. The number of hydrogen-bond donors (Lipinski definition) is 1. The molecule has 1 aromatic heterocycles. The first-order valence-electron chi connectivity index (χ1n) is 9.83. The van der Waals surface area contributed by atoms with Crippen LogP contribution in [0.25, 0.3) is 16.6 Å². The van der Waals surface area contributed by atoms with E-state index in [-0.39, 0.29) is 11.5 Å². The number of nitrogens with one attached hydrogen (secondary N) is 1. The van der Waals surface area contributed by atoms with E-state index in [2.05, 4.69) is 15.5 Å². The molecule has 0 atom stereocenters. The average molecular weight is 430 g/mol. The number of aromatic nitrogens is 2. The first kappa shape index (κ1) is 20.9. The standard InChI is InChI=1S/C24H22N4O4/c1-30-20-14-13-16(21(31-2)22(20)32-3)15-25-27-24-26-19-12-8-7-11-18(19)23(29)28(24)17-9-5-4-6-10-17/h4-15H,1-3H3,(H,26,27)/b25-15-. The molecule has 0 saturated carbocycles. The molecule has 0 amide bonds. The predicted octanol–water partition coefficient (Wildman–Crippen LogP) is 3.86. The Bertz CT molecular complexity index is 1330. The summed E-state index contributed by atoms with van der Waals surface area (Å²) in [6, 6.07) is 20.0. The highest BCUT2D eigenvalue weighted by molar-refractivity contribution is 5.86. The first-order chi connectivity index (χ1) is 15.7. The molecule has 32 heavy (non-hydrogen) atoms. The van der Waals surface area contributed by atoms with Crippen molar-refractivity contribution in [2.24, 2.45) is 5.10 Å². The monoisotopic (exact) mass is 430 g/mol. The first-order valence-corrected chi connectivity index (χ1v) is 9.83. The Hall–Kier alpha value is -4.33. The van der Waals surface area contributed by atoms with Gasteiger partial charge in [-0.3, -0.25) is 4.79 Å². The lowest BCUT2D eigenvalue weighted by molar-refractivity contribution is 0.324. The third kappa shape index (κ3) is 3.85. The fourth-order valence-corrected chi connectivity index (χ4v) is 3.41. The molecule has 1 N–H and O–H groups in total. The number of ether oxygens (including phenoxy) is 3. The summed E-state index contributed by atoms with van der Waals surface area (Å²) in [4.78, 5) is 17.8. The summed E-state index contributed by atoms with van der Waals surface area (Å²) < 4.78 is 17.7. The molecule has 0 fully saturated rings. The van der Waals surface area contributed by atoms with Crippen molar-refractivity contribution in [2.45, 2.75) is 0 Å². The Labute approximate surface area is 184 Å². The third-order valence-corrected chi connectivity index (χ3v) is 4.89. The predicted molar refractivity (Wildman–Crippen MR) is 125 cm³/mol. The minimum absolute atomic E-state index is 0.191. The van der Waals surface area contributed by atoms with Gasteiger partial charge in [0.15, 0.2) is 11.5 Å². The van der Waals surface area contributed by atoms with E-state index in [4.69, 9.17) is 14.2 Å². The Balaban J connectivity index is 1.77. The quantitative estimate of drug-likeness (QED) is 0.354. The van der Waals surface area contributed by atoms with Crippen molar-refractivity contribution in [1.82, 2.24) is 9.55 Å². The Morgan fingerprint density at radius 3 is 2.31 bits per heavy atom. The number of hydrazone groups is 1. The van der Waals surface area contributed by atoms with E-state index in [1.54, 1.807) is 44.7 Å². The van der Waals surface area contributed by atoms with Crippen LogP contribution in [0.15, 0.2) is 76.6 Å². The second-order valence-electron chi connectivity index (χ2n) is 6.72. The zero-order chi connectivity index (χ0) is 22.5. The smallest absolute Gasteiger partial charge is 0.267 e. The summed E-state index contributed by atoms with van der Waals surface area (Å²) in [5.74, 6) is 1.77. The topological polar surface area (TPSA) is 87.0 Å². The number of hydrogen-bond acceptors (Lipinski definition) is 7. The molecule has 0 unspecified atom stereocenters. The molecule has 0 bridgehead atoms. The second kappa shape index (κ2) is 9.22. The normalized spacial score (nSPS) is 11.0. The van der Waals surface area contributed by atoms with Crippen LogP contribution in [0.3, 0.4) is 0 Å². The molecule has 4 rings (SSSR count). The van der Waals surface area contributed by atoms with E-state index in [1.165, 1.54) is 11.7 Å². The van der Waals surface area contributed by atoms with E-state index in [9.17, 15) is 4.79 Å². The number of fused-ring (bicyclic) bond motifs is 1. The molecule has 8 nitrogen and oxygen atoms in total. The van der Waals surface area contributed by atoms with Crippen LogP contribution in [0.1, 0.15) is 5.56 Å². The lowest BCUT2D eigenvalue weighted by atomic mass is 10.2. The van der Waals surface area contributed by atoms with Crippen LogP contribution in [0, 0.1) is 0 Å². The van der Waals surface area contributed by atoms with Gasteiger partial charge in [0.05, 0.1) is 44.1 Å². The lowest BCUT2D eigenvalue weighted by Gasteiger charge is -2.14. The molecule has 1 heterocycles. The third-order valence-electron chi connectivity index (χ3n) is 4.89. The maximum Gasteiger partial charge on any atom is 0.267 e. The second-order valence-corrected chi connectivity index (χ2v) is 6.72.